The lowest BCUT2D eigenvalue weighted by Gasteiger charge is -2.14. The fourth-order valence-corrected chi connectivity index (χ4v) is 1.10. The molecule has 0 bridgehead atoms. The minimum atomic E-state index is 0.915. The Morgan fingerprint density at radius 3 is 2.33 bits per heavy atom. The van der Waals surface area contributed by atoms with Crippen LogP contribution in [0, 0.1) is 6.92 Å². The van der Waals surface area contributed by atoms with Crippen molar-refractivity contribution >= 4 is 5.69 Å². The molecule has 2 nitrogen and oxygen atoms in total. The van der Waals surface area contributed by atoms with Gasteiger partial charge in [0.15, 0.2) is 0 Å². The maximum atomic E-state index is 5.16. The van der Waals surface area contributed by atoms with Gasteiger partial charge < -0.3 is 9.64 Å². The van der Waals surface area contributed by atoms with Crippen molar-refractivity contribution in [2.75, 3.05) is 26.1 Å². The molecule has 2 heteroatoms. The smallest absolute Gasteiger partial charge is 0.121 e. The van der Waals surface area contributed by atoms with Crippen LogP contribution in [0.25, 0.3) is 0 Å². The normalized spacial score (nSPS) is 9.67. The van der Waals surface area contributed by atoms with Gasteiger partial charge in [0.2, 0.25) is 0 Å². The van der Waals surface area contributed by atoms with Gasteiger partial charge in [0.05, 0.1) is 7.11 Å². The summed E-state index contributed by atoms with van der Waals surface area (Å²) in [6.45, 7) is 2.06. The van der Waals surface area contributed by atoms with E-state index in [1.807, 2.05) is 26.2 Å². The average Bonchev–Trinajstić information content (AvgIpc) is 2.03. The Labute approximate surface area is 73.8 Å². The van der Waals surface area contributed by atoms with Crippen LogP contribution in [-0.4, -0.2) is 21.2 Å². The zero-order valence-corrected chi connectivity index (χ0v) is 8.09. The van der Waals surface area contributed by atoms with Gasteiger partial charge in [-0.25, -0.2) is 0 Å². The molecule has 1 aromatic carbocycles. The number of anilines is 1. The van der Waals surface area contributed by atoms with Gasteiger partial charge in [-0.3, -0.25) is 0 Å². The Kier molecular flexibility index (Phi) is 2.58. The van der Waals surface area contributed by atoms with E-state index >= 15 is 0 Å². The summed E-state index contributed by atoms with van der Waals surface area (Å²) in [4.78, 5) is 2.06. The van der Waals surface area contributed by atoms with Crippen LogP contribution in [0.15, 0.2) is 18.2 Å². The second-order valence-electron chi connectivity index (χ2n) is 3.10. The molecule has 0 fully saturated rings. The maximum absolute atomic E-state index is 5.16. The minimum Gasteiger partial charge on any atom is -0.497 e. The van der Waals surface area contributed by atoms with Crippen molar-refractivity contribution < 1.29 is 4.74 Å². The molecule has 0 heterocycles. The van der Waals surface area contributed by atoms with E-state index < -0.39 is 0 Å². The Balaban J connectivity index is 3.06. The van der Waals surface area contributed by atoms with Crippen molar-refractivity contribution in [1.29, 1.82) is 0 Å². The third kappa shape index (κ3) is 1.91. The van der Waals surface area contributed by atoms with Crippen molar-refractivity contribution in [2.24, 2.45) is 0 Å². The molecule has 0 aromatic heterocycles. The number of rotatable bonds is 2. The predicted molar refractivity (Wildman–Crippen MR) is 52.1 cm³/mol. The number of ether oxygens (including phenoxy) is 1. The second-order valence-corrected chi connectivity index (χ2v) is 3.10. The SMILES string of the molecule is COc1cc(C)cc(N(C)C)c1. The van der Waals surface area contributed by atoms with Gasteiger partial charge in [0, 0.05) is 25.8 Å². The fraction of sp³-hybridized carbons (Fsp3) is 0.400. The highest BCUT2D eigenvalue weighted by atomic mass is 16.5. The first-order valence-electron chi connectivity index (χ1n) is 3.96. The largest absolute Gasteiger partial charge is 0.497 e. The first-order valence-corrected chi connectivity index (χ1v) is 3.96. The third-order valence-electron chi connectivity index (χ3n) is 1.79. The first kappa shape index (κ1) is 8.91. The monoisotopic (exact) mass is 165 g/mol. The van der Waals surface area contributed by atoms with E-state index in [4.69, 9.17) is 4.74 Å². The Morgan fingerprint density at radius 2 is 1.83 bits per heavy atom. The topological polar surface area (TPSA) is 12.5 Å². The molecule has 0 radical (unpaired) electrons. The van der Waals surface area contributed by atoms with E-state index in [1.165, 1.54) is 11.3 Å². The molecule has 12 heavy (non-hydrogen) atoms. The van der Waals surface area contributed by atoms with E-state index in [1.54, 1.807) is 7.11 Å². The Hall–Kier alpha value is -1.18. The van der Waals surface area contributed by atoms with Crippen molar-refractivity contribution in [3.8, 4) is 5.75 Å². The maximum Gasteiger partial charge on any atom is 0.121 e. The van der Waals surface area contributed by atoms with Gasteiger partial charge in [0.25, 0.3) is 0 Å². The van der Waals surface area contributed by atoms with Crippen LogP contribution < -0.4 is 9.64 Å². The van der Waals surface area contributed by atoms with Gasteiger partial charge in [-0.15, -0.1) is 0 Å². The van der Waals surface area contributed by atoms with Crippen LogP contribution >= 0.6 is 0 Å². The highest BCUT2D eigenvalue weighted by molar-refractivity contribution is 5.52. The van der Waals surface area contributed by atoms with Gasteiger partial charge >= 0.3 is 0 Å². The lowest BCUT2D eigenvalue weighted by Crippen LogP contribution is -2.08. The summed E-state index contributed by atoms with van der Waals surface area (Å²) in [7, 11) is 5.73. The predicted octanol–water partition coefficient (Wildman–Crippen LogP) is 2.07. The van der Waals surface area contributed by atoms with Crippen molar-refractivity contribution in [3.05, 3.63) is 23.8 Å². The molecule has 0 unspecified atom stereocenters. The number of nitrogens with zero attached hydrogens (tertiary/aromatic N) is 1. The van der Waals surface area contributed by atoms with Crippen LogP contribution in [0.3, 0.4) is 0 Å². The van der Waals surface area contributed by atoms with Crippen LogP contribution in [0.4, 0.5) is 5.69 Å². The summed E-state index contributed by atoms with van der Waals surface area (Å²) in [5, 5.41) is 0. The van der Waals surface area contributed by atoms with E-state index in [0.717, 1.165) is 5.75 Å². The van der Waals surface area contributed by atoms with Crippen LogP contribution in [-0.2, 0) is 0 Å². The summed E-state index contributed by atoms with van der Waals surface area (Å²) in [6, 6.07) is 6.17. The third-order valence-corrected chi connectivity index (χ3v) is 1.79. The van der Waals surface area contributed by atoms with Gasteiger partial charge in [-0.1, -0.05) is 0 Å². The average molecular weight is 165 g/mol. The van der Waals surface area contributed by atoms with Crippen molar-refractivity contribution in [1.82, 2.24) is 0 Å². The molecule has 0 amide bonds. The molecular weight excluding hydrogens is 150 g/mol. The van der Waals surface area contributed by atoms with Crippen LogP contribution in [0.5, 0.6) is 5.75 Å². The number of hydrogen-bond acceptors (Lipinski definition) is 2. The zero-order valence-electron chi connectivity index (χ0n) is 8.09. The number of methoxy groups -OCH3 is 1. The summed E-state index contributed by atoms with van der Waals surface area (Å²) in [5.74, 6) is 0.915. The van der Waals surface area contributed by atoms with Crippen LogP contribution in [0.1, 0.15) is 5.56 Å². The summed E-state index contributed by atoms with van der Waals surface area (Å²) < 4.78 is 5.16. The van der Waals surface area contributed by atoms with Gasteiger partial charge in [-0.2, -0.15) is 0 Å². The molecule has 0 saturated heterocycles. The summed E-state index contributed by atoms with van der Waals surface area (Å²) in [6.07, 6.45) is 0. The lowest BCUT2D eigenvalue weighted by atomic mass is 10.2. The van der Waals surface area contributed by atoms with Crippen molar-refractivity contribution in [3.63, 3.8) is 0 Å². The van der Waals surface area contributed by atoms with E-state index in [2.05, 4.69) is 17.9 Å². The number of hydrogen-bond donors (Lipinski definition) is 0. The number of benzene rings is 1. The molecule has 1 aromatic rings. The molecule has 0 aliphatic heterocycles. The highest BCUT2D eigenvalue weighted by Crippen LogP contribution is 2.21. The van der Waals surface area contributed by atoms with Crippen LogP contribution in [0.2, 0.25) is 0 Å². The van der Waals surface area contributed by atoms with Gasteiger partial charge in [0.1, 0.15) is 5.75 Å². The fourth-order valence-electron chi connectivity index (χ4n) is 1.10. The zero-order chi connectivity index (χ0) is 9.14. The Morgan fingerprint density at radius 1 is 1.17 bits per heavy atom. The van der Waals surface area contributed by atoms with Crippen molar-refractivity contribution in [2.45, 2.75) is 6.92 Å². The first-order chi connectivity index (χ1) is 5.63. The Bertz CT molecular complexity index is 269. The molecule has 0 saturated carbocycles. The number of aryl methyl sites for hydroxylation is 1. The standard InChI is InChI=1S/C10H15NO/c1-8-5-9(11(2)3)7-10(6-8)12-4/h5-7H,1-4H3. The minimum absolute atomic E-state index is 0.915. The molecule has 0 N–H and O–H groups in total. The quantitative estimate of drug-likeness (QED) is 0.665. The van der Waals surface area contributed by atoms with E-state index in [0.29, 0.717) is 0 Å². The summed E-state index contributed by atoms with van der Waals surface area (Å²) in [5.41, 5.74) is 2.39. The van der Waals surface area contributed by atoms with E-state index in [-0.39, 0.29) is 0 Å². The summed E-state index contributed by atoms with van der Waals surface area (Å²) >= 11 is 0. The highest BCUT2D eigenvalue weighted by Gasteiger charge is 1.99. The molecule has 0 spiro atoms. The molecule has 0 aliphatic carbocycles. The molecule has 1 rings (SSSR count). The molecule has 66 valence electrons. The second kappa shape index (κ2) is 3.48. The molecular formula is C10H15NO. The molecule has 0 aliphatic rings. The van der Waals surface area contributed by atoms with E-state index in [9.17, 15) is 0 Å². The van der Waals surface area contributed by atoms with Gasteiger partial charge in [-0.05, 0) is 24.6 Å². The lowest BCUT2D eigenvalue weighted by molar-refractivity contribution is 0.414. The molecule has 0 atom stereocenters.